The monoisotopic (exact) mass is 1030 g/mol. The van der Waals surface area contributed by atoms with Crippen LogP contribution in [-0.2, 0) is 40.1 Å². The summed E-state index contributed by atoms with van der Waals surface area (Å²) in [7, 11) is 0. The van der Waals surface area contributed by atoms with Crippen molar-refractivity contribution < 1.29 is 70.5 Å². The third-order valence-corrected chi connectivity index (χ3v) is 11.2. The molecule has 0 saturated heterocycles. The number of carboxylic acid groups (broad SMARTS) is 1. The van der Waals surface area contributed by atoms with E-state index in [1.807, 2.05) is 51.1 Å². The molecule has 1 aliphatic heterocycles. The van der Waals surface area contributed by atoms with Crippen LogP contribution in [0, 0.1) is 23.0 Å². The number of hydrogen-bond acceptors (Lipinski definition) is 11. The number of halogens is 5. The smallest absolute Gasteiger partial charge is 0.475 e. The number of aliphatic hydroxyl groups is 1. The number of nitrogens with two attached hydrogens (primary N) is 2. The molecule has 7 amide bonds. The number of alkyl halides is 3. The molecule has 19 nitrogen and oxygen atoms in total. The molecule has 0 saturated carbocycles. The number of nitrogens with zero attached hydrogens (tertiary/aromatic N) is 4. The zero-order valence-corrected chi connectivity index (χ0v) is 40.1. The number of aliphatic carboxylic acids is 1. The summed E-state index contributed by atoms with van der Waals surface area (Å²) in [5.74, 6) is -8.26. The highest BCUT2D eigenvalue weighted by Gasteiger charge is 2.40. The summed E-state index contributed by atoms with van der Waals surface area (Å²) in [5, 5.41) is 25.1. The molecular weight excluding hydrogens is 970 g/mol. The van der Waals surface area contributed by atoms with Crippen molar-refractivity contribution in [2.75, 3.05) is 29.9 Å². The molecule has 4 aromatic rings. The summed E-state index contributed by atoms with van der Waals surface area (Å²) in [4.78, 5) is 106. The van der Waals surface area contributed by atoms with Gasteiger partial charge in [0.05, 0.1) is 29.5 Å². The average molecular weight is 1030 g/mol. The molecule has 9 N–H and O–H groups in total. The maximum absolute atomic E-state index is 15.1. The van der Waals surface area contributed by atoms with Gasteiger partial charge in [-0.05, 0) is 79.6 Å². The summed E-state index contributed by atoms with van der Waals surface area (Å²) >= 11 is 0. The van der Waals surface area contributed by atoms with Crippen LogP contribution in [0.15, 0.2) is 91.1 Å². The fourth-order valence-electron chi connectivity index (χ4n) is 7.57. The SMILES string of the molecule is C[C@H](NC(=O)[C@@H](N)CCN(C(=O)CO)[C@@H](c1nc(-c2cc(F)ccc2F)cn1Cc1ccccc1)C(C)(C)C)C(=O)C[C@@H](CCCNC(N)=O)C(=O)Nc1ccc(N2C(=O)C=CC2=O)cc1.O=C(O)C(F)(F)F. The molecule has 0 radical (unpaired) electrons. The normalized spacial score (nSPS) is 14.0. The molecule has 0 aliphatic carbocycles. The van der Waals surface area contributed by atoms with Gasteiger partial charge in [0.25, 0.3) is 11.8 Å². The predicted octanol–water partition coefficient (Wildman–Crippen LogP) is 4.73. The Balaban J connectivity index is 0.00000153. The predicted molar refractivity (Wildman–Crippen MR) is 255 cm³/mol. The van der Waals surface area contributed by atoms with Crippen molar-refractivity contribution in [3.05, 3.63) is 114 Å². The summed E-state index contributed by atoms with van der Waals surface area (Å²) in [6.07, 6.45) is -1.25. The first-order chi connectivity index (χ1) is 34.2. The van der Waals surface area contributed by atoms with Crippen LogP contribution in [0.2, 0.25) is 0 Å². The Kier molecular flexibility index (Phi) is 20.2. The first-order valence-corrected chi connectivity index (χ1v) is 22.6. The van der Waals surface area contributed by atoms with Gasteiger partial charge in [-0.25, -0.2) is 28.3 Å². The zero-order chi connectivity index (χ0) is 54.4. The van der Waals surface area contributed by atoms with Crippen LogP contribution in [0.25, 0.3) is 11.3 Å². The molecule has 2 heterocycles. The number of urea groups is 1. The number of primary amides is 1. The van der Waals surface area contributed by atoms with Gasteiger partial charge in [0, 0.05) is 61.6 Å². The van der Waals surface area contributed by atoms with E-state index in [0.717, 1.165) is 40.8 Å². The van der Waals surface area contributed by atoms with Gasteiger partial charge in [-0.2, -0.15) is 13.2 Å². The standard InChI is InChI=1S/C47H55F2N9O8.C2HF3O2/c1-28(38(60)23-30(11-8-21-52-46(51)66)44(64)54-32-13-15-33(16-14-32)58-39(61)18-19-40(58)62)53-45(65)36(50)20-22-57(41(63)27-59)42(47(2,3)4)43-55-37(34-24-31(48)12-17-35(34)49)26-56(43)25-29-9-6-5-7-10-29;3-2(4,5)1(6)7/h5-7,9-10,12-19,24,26,28,30,36,42,59H,8,11,20-23,25,27,50H2,1-4H3,(H,53,65)(H,54,64)(H3,51,52,66);(H,6,7)/t28-,30+,36-,42-;/m0./s1. The molecule has 73 heavy (non-hydrogen) atoms. The second kappa shape index (κ2) is 25.5. The van der Waals surface area contributed by atoms with Crippen molar-refractivity contribution in [2.45, 2.75) is 84.2 Å². The second-order valence-corrected chi connectivity index (χ2v) is 17.8. The first kappa shape index (κ1) is 57.7. The molecule has 5 rings (SSSR count). The minimum Gasteiger partial charge on any atom is -0.475 e. The first-order valence-electron chi connectivity index (χ1n) is 22.6. The van der Waals surface area contributed by atoms with Crippen LogP contribution in [0.4, 0.5) is 38.1 Å². The quantitative estimate of drug-likeness (QED) is 0.0339. The van der Waals surface area contributed by atoms with Crippen LogP contribution in [0.5, 0.6) is 0 Å². The van der Waals surface area contributed by atoms with Gasteiger partial charge >= 0.3 is 18.2 Å². The van der Waals surface area contributed by atoms with Crippen molar-refractivity contribution in [2.24, 2.45) is 22.8 Å². The third-order valence-electron chi connectivity index (χ3n) is 11.2. The molecule has 1 aromatic heterocycles. The molecule has 0 bridgehead atoms. The maximum atomic E-state index is 15.1. The lowest BCUT2D eigenvalue weighted by atomic mass is 9.84. The van der Waals surface area contributed by atoms with Crippen LogP contribution in [0.1, 0.15) is 70.8 Å². The number of anilines is 2. The van der Waals surface area contributed by atoms with Crippen molar-refractivity contribution in [3.63, 3.8) is 0 Å². The number of Topliss-reactive ketones (excluding diaryl/α,β-unsaturated/α-hetero) is 1. The van der Waals surface area contributed by atoms with Crippen LogP contribution < -0.4 is 32.3 Å². The lowest BCUT2D eigenvalue weighted by Crippen LogP contribution is -2.50. The van der Waals surface area contributed by atoms with E-state index in [1.54, 1.807) is 10.8 Å². The molecule has 1 aliphatic rings. The topological polar surface area (TPSA) is 289 Å². The van der Waals surface area contributed by atoms with Crippen molar-refractivity contribution in [1.82, 2.24) is 25.1 Å². The Morgan fingerprint density at radius 1 is 0.877 bits per heavy atom. The highest BCUT2D eigenvalue weighted by Crippen LogP contribution is 2.40. The van der Waals surface area contributed by atoms with Crippen LogP contribution in [-0.4, -0.2) is 110 Å². The van der Waals surface area contributed by atoms with E-state index < -0.39 is 101 Å². The summed E-state index contributed by atoms with van der Waals surface area (Å²) in [6, 6.07) is 14.2. The minimum absolute atomic E-state index is 0.0924. The number of carbonyl (C=O) groups excluding carboxylic acids is 7. The van der Waals surface area contributed by atoms with Gasteiger partial charge in [-0.1, -0.05) is 51.1 Å². The van der Waals surface area contributed by atoms with Gasteiger partial charge in [-0.3, -0.25) is 28.8 Å². The van der Waals surface area contributed by atoms with Crippen LogP contribution in [0.3, 0.4) is 0 Å². The van der Waals surface area contributed by atoms with Gasteiger partial charge in [0.2, 0.25) is 17.7 Å². The molecule has 3 aromatic carbocycles. The number of imidazole rings is 1. The molecule has 0 fully saturated rings. The maximum Gasteiger partial charge on any atom is 0.490 e. The van der Waals surface area contributed by atoms with Crippen molar-refractivity contribution in [1.29, 1.82) is 0 Å². The fraction of sp³-hybridized carbons (Fsp3) is 0.367. The Labute approximate surface area is 415 Å². The van der Waals surface area contributed by atoms with Crippen molar-refractivity contribution in [3.8, 4) is 11.3 Å². The van der Waals surface area contributed by atoms with E-state index >= 15 is 4.39 Å². The highest BCUT2D eigenvalue weighted by atomic mass is 19.4. The number of carboxylic acids is 1. The van der Waals surface area contributed by atoms with Gasteiger partial charge in [0.1, 0.15) is 24.1 Å². The number of aliphatic hydroxyl groups excluding tert-OH is 1. The minimum atomic E-state index is -5.08. The average Bonchev–Trinajstić information content (AvgIpc) is 3.89. The number of carbonyl (C=O) groups is 8. The van der Waals surface area contributed by atoms with Gasteiger partial charge in [0.15, 0.2) is 5.78 Å². The largest absolute Gasteiger partial charge is 0.490 e. The van der Waals surface area contributed by atoms with Gasteiger partial charge < -0.3 is 47.1 Å². The Morgan fingerprint density at radius 2 is 1.49 bits per heavy atom. The van der Waals surface area contributed by atoms with E-state index in [1.165, 1.54) is 36.1 Å². The second-order valence-electron chi connectivity index (χ2n) is 17.8. The fourth-order valence-corrected chi connectivity index (χ4v) is 7.57. The number of aromatic nitrogens is 2. The van der Waals surface area contributed by atoms with E-state index in [4.69, 9.17) is 26.4 Å². The van der Waals surface area contributed by atoms with E-state index in [2.05, 4.69) is 16.0 Å². The molecule has 0 unspecified atom stereocenters. The number of imide groups is 1. The molecule has 4 atom stereocenters. The lowest BCUT2D eigenvalue weighted by molar-refractivity contribution is -0.192. The molecule has 392 valence electrons. The number of benzene rings is 3. The zero-order valence-electron chi connectivity index (χ0n) is 40.1. The lowest BCUT2D eigenvalue weighted by Gasteiger charge is -2.40. The number of rotatable bonds is 21. The Bertz CT molecular complexity index is 2660. The third kappa shape index (κ3) is 16.6. The molecular formula is C49H56F5N9O10. The van der Waals surface area contributed by atoms with Crippen molar-refractivity contribution >= 4 is 58.7 Å². The molecule has 24 heteroatoms. The Morgan fingerprint density at radius 3 is 2.05 bits per heavy atom. The number of amides is 7. The van der Waals surface area contributed by atoms with Crippen LogP contribution >= 0.6 is 0 Å². The Hall–Kier alpha value is -7.86. The summed E-state index contributed by atoms with van der Waals surface area (Å²) in [5.41, 5.74) is 12.3. The van der Waals surface area contributed by atoms with Gasteiger partial charge in [-0.15, -0.1) is 0 Å². The number of hydrogen-bond donors (Lipinski definition) is 7. The summed E-state index contributed by atoms with van der Waals surface area (Å²) in [6.45, 7) is 6.27. The van der Waals surface area contributed by atoms with E-state index in [0.29, 0.717) is 17.2 Å². The molecule has 0 spiro atoms. The summed E-state index contributed by atoms with van der Waals surface area (Å²) < 4.78 is 63.0. The van der Waals surface area contributed by atoms with E-state index in [9.17, 15) is 56.2 Å². The van der Waals surface area contributed by atoms with E-state index in [-0.39, 0.29) is 56.6 Å². The number of ketones is 1. The number of nitrogens with one attached hydrogen (secondary N) is 3. The highest BCUT2D eigenvalue weighted by molar-refractivity contribution is 6.28.